The fourth-order valence-corrected chi connectivity index (χ4v) is 4.88. The molecule has 1 N–H and O–H groups in total. The number of benzene rings is 2. The maximum atomic E-state index is 14.3. The van der Waals surface area contributed by atoms with E-state index >= 15 is 0 Å². The van der Waals surface area contributed by atoms with Gasteiger partial charge in [-0.1, -0.05) is 6.07 Å². The number of hydrogen-bond donors (Lipinski definition) is 1. The number of nitrogens with one attached hydrogen (secondary N) is 1. The molecule has 1 heterocycles. The third kappa shape index (κ3) is 8.27. The number of non-ortho nitro benzene ring substituents is 1. The number of halogens is 2. The van der Waals surface area contributed by atoms with Crippen molar-refractivity contribution in [3.63, 3.8) is 0 Å². The van der Waals surface area contributed by atoms with Crippen molar-refractivity contribution in [2.75, 3.05) is 39.7 Å². The molecule has 0 unspecified atom stereocenters. The first-order valence-electron chi connectivity index (χ1n) is 11.7. The Morgan fingerprint density at radius 3 is 2.15 bits per heavy atom. The summed E-state index contributed by atoms with van der Waals surface area (Å²) in [6.07, 6.45) is 0. The summed E-state index contributed by atoms with van der Waals surface area (Å²) in [6, 6.07) is 9.72. The molecule has 3 aromatic rings. The molecule has 10 nitrogen and oxygen atoms in total. The van der Waals surface area contributed by atoms with E-state index in [-0.39, 0.29) is 24.4 Å². The summed E-state index contributed by atoms with van der Waals surface area (Å²) in [5.41, 5.74) is 3.67. The van der Waals surface area contributed by atoms with Crippen molar-refractivity contribution in [1.29, 1.82) is 0 Å². The van der Waals surface area contributed by atoms with E-state index in [9.17, 15) is 23.7 Å². The van der Waals surface area contributed by atoms with Gasteiger partial charge in [0.05, 0.1) is 17.1 Å². The minimum Gasteiger partial charge on any atom is -0.462 e. The molecule has 39 heavy (non-hydrogen) atoms. The van der Waals surface area contributed by atoms with Crippen molar-refractivity contribution < 1.29 is 32.9 Å². The van der Waals surface area contributed by atoms with Crippen LogP contribution in [0.2, 0.25) is 0 Å². The summed E-state index contributed by atoms with van der Waals surface area (Å²) in [7, 11) is 6.86. The minimum atomic E-state index is -0.676. The Bertz CT molecular complexity index is 1260. The highest BCUT2D eigenvalue weighted by atomic mass is 32.1. The Kier molecular flexibility index (Phi) is 11.9. The van der Waals surface area contributed by atoms with Crippen LogP contribution in [0, 0.1) is 21.7 Å². The molecule has 1 aromatic heterocycles. The number of anilines is 1. The van der Waals surface area contributed by atoms with Gasteiger partial charge in [0.25, 0.3) is 5.69 Å². The van der Waals surface area contributed by atoms with Gasteiger partial charge in [-0.15, -0.1) is 11.3 Å². The number of hydroxylamine groups is 1. The standard InChI is InChI=1S/C24H25F2N3O4S.C2H5NO2/c1-5-33-24(30)21-18(13-27(2)3)22(15-9-11-16(12-10-15)29(31)32)34-23(21)28(4)14-17-19(25)7-6-8-20(17)26;1-3-5-2-4/h6-12H,5,13-14H2,1-4H3;2-3H,1H3. The lowest BCUT2D eigenvalue weighted by atomic mass is 10.0. The summed E-state index contributed by atoms with van der Waals surface area (Å²) >= 11 is 1.27. The first-order valence-corrected chi connectivity index (χ1v) is 12.5. The highest BCUT2D eigenvalue weighted by molar-refractivity contribution is 7.20. The topological polar surface area (TPSA) is 114 Å². The van der Waals surface area contributed by atoms with Crippen LogP contribution in [0.15, 0.2) is 42.5 Å². The molecule has 3 rings (SSSR count). The van der Waals surface area contributed by atoms with Crippen LogP contribution in [-0.2, 0) is 27.5 Å². The number of rotatable bonds is 11. The second kappa shape index (κ2) is 14.9. The zero-order valence-electron chi connectivity index (χ0n) is 22.2. The van der Waals surface area contributed by atoms with Crippen LogP contribution in [0.1, 0.15) is 28.4 Å². The zero-order valence-corrected chi connectivity index (χ0v) is 23.0. The molecule has 0 spiro atoms. The molecule has 2 aromatic carbocycles. The smallest absolute Gasteiger partial charge is 0.341 e. The fraction of sp³-hybridized carbons (Fsp3) is 0.308. The normalized spacial score (nSPS) is 10.5. The highest BCUT2D eigenvalue weighted by Crippen LogP contribution is 2.43. The van der Waals surface area contributed by atoms with E-state index in [4.69, 9.17) is 9.53 Å². The number of nitro groups is 1. The highest BCUT2D eigenvalue weighted by Gasteiger charge is 2.28. The van der Waals surface area contributed by atoms with Crippen molar-refractivity contribution in [3.8, 4) is 10.4 Å². The van der Waals surface area contributed by atoms with E-state index < -0.39 is 22.5 Å². The van der Waals surface area contributed by atoms with Crippen LogP contribution in [-0.4, -0.2) is 57.1 Å². The monoisotopic (exact) mass is 564 g/mol. The Labute approximate surface area is 228 Å². The number of carbonyl (C=O) groups excluding carboxylic acids is 2. The van der Waals surface area contributed by atoms with Crippen molar-refractivity contribution in [2.24, 2.45) is 0 Å². The second-order valence-electron chi connectivity index (χ2n) is 8.33. The molecular weight excluding hydrogens is 534 g/mol. The van der Waals surface area contributed by atoms with E-state index in [0.29, 0.717) is 34.7 Å². The third-order valence-electron chi connectivity index (χ3n) is 5.25. The Hall–Kier alpha value is -3.94. The van der Waals surface area contributed by atoms with Gasteiger partial charge in [-0.2, -0.15) is 5.48 Å². The number of ether oxygens (including phenoxy) is 1. The first kappa shape index (κ1) is 31.3. The Balaban J connectivity index is 0.000000976. The van der Waals surface area contributed by atoms with Crippen LogP contribution in [0.5, 0.6) is 0 Å². The molecule has 0 aliphatic rings. The van der Waals surface area contributed by atoms with Crippen LogP contribution < -0.4 is 10.4 Å². The molecule has 0 saturated carbocycles. The van der Waals surface area contributed by atoms with Gasteiger partial charge in [0.15, 0.2) is 0 Å². The number of carbonyl (C=O) groups is 2. The van der Waals surface area contributed by atoms with Crippen LogP contribution in [0.4, 0.5) is 19.5 Å². The van der Waals surface area contributed by atoms with Gasteiger partial charge in [0, 0.05) is 55.3 Å². The van der Waals surface area contributed by atoms with Gasteiger partial charge in [-0.3, -0.25) is 14.9 Å². The van der Waals surface area contributed by atoms with Crippen molar-refractivity contribution in [3.05, 3.63) is 80.9 Å². The summed E-state index contributed by atoms with van der Waals surface area (Å²) in [5.74, 6) is -1.89. The van der Waals surface area contributed by atoms with E-state index in [1.165, 1.54) is 48.7 Å². The van der Waals surface area contributed by atoms with Crippen molar-refractivity contribution in [2.45, 2.75) is 20.0 Å². The summed E-state index contributed by atoms with van der Waals surface area (Å²) in [4.78, 5) is 40.9. The summed E-state index contributed by atoms with van der Waals surface area (Å²) < 4.78 is 34.0. The van der Waals surface area contributed by atoms with E-state index in [0.717, 1.165) is 4.88 Å². The SMILES string of the molecule is CCOC(=O)c1c(N(C)Cc2c(F)cccc2F)sc(-c2ccc([N+](=O)[O-])cc2)c1CN(C)C.CNOC=O. The van der Waals surface area contributed by atoms with Crippen LogP contribution in [0.3, 0.4) is 0 Å². The molecule has 0 aliphatic carbocycles. The van der Waals surface area contributed by atoms with Gasteiger partial charge < -0.3 is 19.4 Å². The van der Waals surface area contributed by atoms with Crippen molar-refractivity contribution >= 4 is 34.5 Å². The largest absolute Gasteiger partial charge is 0.462 e. The van der Waals surface area contributed by atoms with Crippen molar-refractivity contribution in [1.82, 2.24) is 10.4 Å². The predicted octanol–water partition coefficient (Wildman–Crippen LogP) is 4.77. The number of nitrogens with zero attached hydrogens (tertiary/aromatic N) is 3. The molecule has 0 atom stereocenters. The number of esters is 1. The first-order chi connectivity index (χ1) is 18.5. The Morgan fingerprint density at radius 2 is 1.69 bits per heavy atom. The second-order valence-corrected chi connectivity index (χ2v) is 9.33. The van der Waals surface area contributed by atoms with Gasteiger partial charge in [0.2, 0.25) is 0 Å². The zero-order chi connectivity index (χ0) is 29.1. The summed E-state index contributed by atoms with van der Waals surface area (Å²) in [5, 5.41) is 11.6. The molecule has 0 radical (unpaired) electrons. The molecule has 13 heteroatoms. The average molecular weight is 565 g/mol. The number of thiophene rings is 1. The van der Waals surface area contributed by atoms with E-state index in [1.54, 1.807) is 31.0 Å². The molecular formula is C26H30F2N4O6S. The minimum absolute atomic E-state index is 0.0487. The average Bonchev–Trinajstić information content (AvgIpc) is 3.26. The maximum absolute atomic E-state index is 14.3. The molecule has 0 bridgehead atoms. The van der Waals surface area contributed by atoms with Gasteiger partial charge in [-0.05, 0) is 50.8 Å². The molecule has 0 aliphatic heterocycles. The van der Waals surface area contributed by atoms with Gasteiger partial charge in [-0.25, -0.2) is 13.6 Å². The fourth-order valence-electron chi connectivity index (χ4n) is 3.61. The molecule has 0 saturated heterocycles. The van der Waals surface area contributed by atoms with Gasteiger partial charge in [0.1, 0.15) is 16.6 Å². The quantitative estimate of drug-likeness (QED) is 0.152. The van der Waals surface area contributed by atoms with Crippen LogP contribution in [0.25, 0.3) is 10.4 Å². The van der Waals surface area contributed by atoms with E-state index in [1.807, 2.05) is 19.0 Å². The van der Waals surface area contributed by atoms with Crippen LogP contribution >= 0.6 is 11.3 Å². The lowest BCUT2D eigenvalue weighted by Gasteiger charge is -2.20. The summed E-state index contributed by atoms with van der Waals surface area (Å²) in [6.45, 7) is 2.46. The maximum Gasteiger partial charge on any atom is 0.341 e. The van der Waals surface area contributed by atoms with Gasteiger partial charge >= 0.3 is 12.4 Å². The lowest BCUT2D eigenvalue weighted by molar-refractivity contribution is -0.384. The van der Waals surface area contributed by atoms with E-state index in [2.05, 4.69) is 10.3 Å². The third-order valence-corrected chi connectivity index (χ3v) is 6.65. The molecule has 210 valence electrons. The lowest BCUT2D eigenvalue weighted by Crippen LogP contribution is -2.21. The molecule has 0 fully saturated rings. The number of hydrogen-bond acceptors (Lipinski definition) is 10. The number of nitro benzene ring substituents is 1. The Morgan fingerprint density at radius 1 is 1.08 bits per heavy atom. The molecule has 0 amide bonds. The predicted molar refractivity (Wildman–Crippen MR) is 144 cm³/mol.